The van der Waals surface area contributed by atoms with Crippen molar-refractivity contribution in [3.8, 4) is 0 Å². The van der Waals surface area contributed by atoms with Gasteiger partial charge in [-0.3, -0.25) is 4.99 Å². The smallest absolute Gasteiger partial charge is 0.191 e. The van der Waals surface area contributed by atoms with Crippen LogP contribution in [0.2, 0.25) is 0 Å². The molecule has 0 aliphatic heterocycles. The molecule has 0 amide bonds. The number of ether oxygens (including phenoxy) is 1. The molecule has 0 saturated heterocycles. The van der Waals surface area contributed by atoms with Crippen LogP contribution in [-0.2, 0) is 18.3 Å². The first-order valence-electron chi connectivity index (χ1n) is 8.95. The van der Waals surface area contributed by atoms with Crippen LogP contribution in [0.1, 0.15) is 51.7 Å². The van der Waals surface area contributed by atoms with E-state index in [0.717, 1.165) is 43.5 Å². The molecular formula is C17H33IN6O. The lowest BCUT2D eigenvalue weighted by molar-refractivity contribution is -0.133. The topological polar surface area (TPSA) is 76.4 Å². The Morgan fingerprint density at radius 3 is 2.48 bits per heavy atom. The van der Waals surface area contributed by atoms with Crippen molar-refractivity contribution in [3.05, 3.63) is 11.6 Å². The summed E-state index contributed by atoms with van der Waals surface area (Å²) in [6.07, 6.45) is 3.57. The summed E-state index contributed by atoms with van der Waals surface area (Å²) >= 11 is 0. The Balaban J connectivity index is 0.00000312. The Morgan fingerprint density at radius 2 is 2.00 bits per heavy atom. The van der Waals surface area contributed by atoms with Gasteiger partial charge in [0, 0.05) is 32.2 Å². The molecule has 2 unspecified atom stereocenters. The molecule has 1 aliphatic rings. The van der Waals surface area contributed by atoms with Crippen molar-refractivity contribution < 1.29 is 4.74 Å². The monoisotopic (exact) mass is 464 g/mol. The average molecular weight is 464 g/mol. The zero-order valence-corrected chi connectivity index (χ0v) is 18.6. The Bertz CT molecular complexity index is 569. The van der Waals surface area contributed by atoms with E-state index in [4.69, 9.17) is 4.74 Å². The lowest BCUT2D eigenvalue weighted by Gasteiger charge is -2.55. The van der Waals surface area contributed by atoms with Gasteiger partial charge in [0.1, 0.15) is 5.82 Å². The first kappa shape index (κ1) is 22.1. The summed E-state index contributed by atoms with van der Waals surface area (Å²) in [6.45, 7) is 9.90. The predicted molar refractivity (Wildman–Crippen MR) is 111 cm³/mol. The Labute approximate surface area is 168 Å². The molecule has 1 aromatic rings. The molecule has 144 valence electrons. The summed E-state index contributed by atoms with van der Waals surface area (Å²) in [5.74, 6) is 2.61. The first-order valence-corrected chi connectivity index (χ1v) is 8.95. The van der Waals surface area contributed by atoms with Crippen molar-refractivity contribution >= 4 is 29.9 Å². The Morgan fingerprint density at radius 1 is 1.32 bits per heavy atom. The summed E-state index contributed by atoms with van der Waals surface area (Å²) in [7, 11) is 3.77. The third kappa shape index (κ3) is 4.45. The van der Waals surface area contributed by atoms with E-state index in [1.165, 1.54) is 0 Å². The fourth-order valence-corrected chi connectivity index (χ4v) is 3.71. The maximum atomic E-state index is 5.95. The highest BCUT2D eigenvalue weighted by molar-refractivity contribution is 14.0. The van der Waals surface area contributed by atoms with Gasteiger partial charge in [0.25, 0.3) is 0 Å². The minimum absolute atomic E-state index is 0. The van der Waals surface area contributed by atoms with Crippen LogP contribution in [0.25, 0.3) is 0 Å². The lowest BCUT2D eigenvalue weighted by atomic mass is 9.58. The maximum absolute atomic E-state index is 5.95. The largest absolute Gasteiger partial charge is 0.378 e. The van der Waals surface area contributed by atoms with E-state index in [9.17, 15) is 0 Å². The number of nitrogens with zero attached hydrogens (tertiary/aromatic N) is 4. The fraction of sp³-hybridized carbons (Fsp3) is 0.824. The van der Waals surface area contributed by atoms with Crippen molar-refractivity contribution in [1.29, 1.82) is 0 Å². The molecule has 0 bridgehead atoms. The first-order chi connectivity index (χ1) is 11.5. The quantitative estimate of drug-likeness (QED) is 0.368. The number of hydrogen-bond acceptors (Lipinski definition) is 4. The molecule has 0 aromatic carbocycles. The fourth-order valence-electron chi connectivity index (χ4n) is 3.71. The number of aliphatic imine (C=N–C) groups is 1. The third-order valence-corrected chi connectivity index (χ3v) is 5.60. The van der Waals surface area contributed by atoms with Crippen molar-refractivity contribution in [1.82, 2.24) is 25.4 Å². The zero-order chi connectivity index (χ0) is 17.7. The van der Waals surface area contributed by atoms with Crippen LogP contribution in [0.3, 0.4) is 0 Å². The van der Waals surface area contributed by atoms with Crippen LogP contribution in [0, 0.1) is 12.3 Å². The number of hydrogen-bond donors (Lipinski definition) is 2. The van der Waals surface area contributed by atoms with Crippen LogP contribution in [-0.4, -0.2) is 46.5 Å². The minimum Gasteiger partial charge on any atom is -0.378 e. The molecule has 1 aliphatic carbocycles. The molecule has 0 spiro atoms. The van der Waals surface area contributed by atoms with Crippen molar-refractivity contribution in [2.24, 2.45) is 17.5 Å². The highest BCUT2D eigenvalue weighted by atomic mass is 127. The molecule has 1 heterocycles. The van der Waals surface area contributed by atoms with Crippen molar-refractivity contribution in [3.63, 3.8) is 0 Å². The molecule has 25 heavy (non-hydrogen) atoms. The van der Waals surface area contributed by atoms with Gasteiger partial charge in [-0.15, -0.1) is 34.2 Å². The Hall–Kier alpha value is -0.900. The van der Waals surface area contributed by atoms with E-state index in [-0.39, 0.29) is 29.4 Å². The molecule has 8 heteroatoms. The summed E-state index contributed by atoms with van der Waals surface area (Å²) in [5.41, 5.74) is 0.189. The number of aryl methyl sites for hydroxylation is 1. The van der Waals surface area contributed by atoms with E-state index in [1.54, 1.807) is 7.05 Å². The summed E-state index contributed by atoms with van der Waals surface area (Å²) in [4.78, 5) is 4.36. The van der Waals surface area contributed by atoms with Crippen molar-refractivity contribution in [2.45, 2.75) is 65.6 Å². The number of rotatable bonds is 7. The normalized spacial score (nSPS) is 22.1. The zero-order valence-electron chi connectivity index (χ0n) is 16.3. The van der Waals surface area contributed by atoms with Crippen LogP contribution < -0.4 is 10.6 Å². The second-order valence-corrected chi connectivity index (χ2v) is 6.47. The second kappa shape index (κ2) is 9.70. The minimum atomic E-state index is 0. The standard InChI is InChI=1S/C17H32N6O.HI/c1-7-17(8-2)13(10-14(17)24-9-3)20-16(18-5)19-11-15-22-21-12(4)23(15)6;/h13-14H,7-11H2,1-6H3,(H2,18,19,20);1H. The molecular weight excluding hydrogens is 431 g/mol. The van der Waals surface area contributed by atoms with E-state index in [2.05, 4.69) is 46.6 Å². The Kier molecular flexibility index (Phi) is 8.59. The van der Waals surface area contributed by atoms with E-state index in [0.29, 0.717) is 18.7 Å². The van der Waals surface area contributed by atoms with Gasteiger partial charge in [-0.2, -0.15) is 0 Å². The van der Waals surface area contributed by atoms with Gasteiger partial charge in [0.15, 0.2) is 11.8 Å². The number of aromatic nitrogens is 3. The molecule has 1 aromatic heterocycles. The molecule has 1 fully saturated rings. The number of halogens is 1. The summed E-state index contributed by atoms with van der Waals surface area (Å²) in [5, 5.41) is 15.2. The van der Waals surface area contributed by atoms with E-state index in [1.807, 2.05) is 18.5 Å². The van der Waals surface area contributed by atoms with Crippen LogP contribution in [0.5, 0.6) is 0 Å². The van der Waals surface area contributed by atoms with Gasteiger partial charge in [-0.05, 0) is 33.1 Å². The highest BCUT2D eigenvalue weighted by Crippen LogP contribution is 2.48. The van der Waals surface area contributed by atoms with E-state index >= 15 is 0 Å². The van der Waals surface area contributed by atoms with E-state index < -0.39 is 0 Å². The number of guanidine groups is 1. The van der Waals surface area contributed by atoms with Gasteiger partial charge in [-0.1, -0.05) is 13.8 Å². The number of nitrogens with one attached hydrogen (secondary N) is 2. The van der Waals surface area contributed by atoms with Gasteiger partial charge in [0.05, 0.1) is 12.6 Å². The van der Waals surface area contributed by atoms with Gasteiger partial charge < -0.3 is 19.9 Å². The maximum Gasteiger partial charge on any atom is 0.191 e. The average Bonchev–Trinajstić information content (AvgIpc) is 2.90. The van der Waals surface area contributed by atoms with Crippen molar-refractivity contribution in [2.75, 3.05) is 13.7 Å². The third-order valence-electron chi connectivity index (χ3n) is 5.60. The highest BCUT2D eigenvalue weighted by Gasteiger charge is 2.53. The summed E-state index contributed by atoms with van der Waals surface area (Å²) < 4.78 is 7.93. The van der Waals surface area contributed by atoms with Gasteiger partial charge in [-0.25, -0.2) is 0 Å². The molecule has 7 nitrogen and oxygen atoms in total. The molecule has 2 N–H and O–H groups in total. The van der Waals surface area contributed by atoms with Gasteiger partial charge in [0.2, 0.25) is 0 Å². The molecule has 2 rings (SSSR count). The van der Waals surface area contributed by atoms with Crippen LogP contribution in [0.15, 0.2) is 4.99 Å². The molecule has 2 atom stereocenters. The van der Waals surface area contributed by atoms with Gasteiger partial charge >= 0.3 is 0 Å². The van der Waals surface area contributed by atoms with Crippen LogP contribution >= 0.6 is 24.0 Å². The SMILES string of the molecule is CCOC1CC(NC(=NC)NCc2nnc(C)n2C)C1(CC)CC.I. The molecule has 1 saturated carbocycles. The summed E-state index contributed by atoms with van der Waals surface area (Å²) in [6, 6.07) is 0.386. The second-order valence-electron chi connectivity index (χ2n) is 6.47. The van der Waals surface area contributed by atoms with Crippen LogP contribution in [0.4, 0.5) is 0 Å². The molecule has 0 radical (unpaired) electrons. The lowest BCUT2D eigenvalue weighted by Crippen LogP contribution is -2.65. The predicted octanol–water partition coefficient (Wildman–Crippen LogP) is 2.39.